The van der Waals surface area contributed by atoms with Gasteiger partial charge in [-0.1, -0.05) is 13.0 Å². The molecule has 0 bridgehead atoms. The van der Waals surface area contributed by atoms with Crippen molar-refractivity contribution in [2.45, 2.75) is 13.3 Å². The number of aryl methyl sites for hydroxylation is 1. The third-order valence-electron chi connectivity index (χ3n) is 3.50. The minimum absolute atomic E-state index is 1.01. The van der Waals surface area contributed by atoms with Crippen molar-refractivity contribution < 1.29 is 4.74 Å². The lowest BCUT2D eigenvalue weighted by Gasteiger charge is -2.34. The van der Waals surface area contributed by atoms with Crippen molar-refractivity contribution in [3.63, 3.8) is 0 Å². The van der Waals surface area contributed by atoms with Crippen molar-refractivity contribution in [1.82, 2.24) is 4.90 Å². The molecule has 1 aromatic rings. The highest BCUT2D eigenvalue weighted by molar-refractivity contribution is 5.60. The second kappa shape index (κ2) is 5.41. The lowest BCUT2D eigenvalue weighted by molar-refractivity contribution is 0.311. The first-order chi connectivity index (χ1) is 8.24. The Morgan fingerprint density at radius 1 is 1.18 bits per heavy atom. The van der Waals surface area contributed by atoms with Crippen LogP contribution in [0, 0.1) is 0 Å². The van der Waals surface area contributed by atoms with Crippen LogP contribution in [-0.2, 0) is 6.42 Å². The summed E-state index contributed by atoms with van der Waals surface area (Å²) in [4.78, 5) is 4.78. The topological polar surface area (TPSA) is 15.7 Å². The van der Waals surface area contributed by atoms with Gasteiger partial charge in [0.15, 0.2) is 0 Å². The molecular formula is C14H22N2O. The Morgan fingerprint density at radius 3 is 2.47 bits per heavy atom. The number of nitrogens with zero attached hydrogens (tertiary/aromatic N) is 2. The SMILES string of the molecule is CCc1ccc(N2CCN(C)CC2)c(OC)c1. The summed E-state index contributed by atoms with van der Waals surface area (Å²) in [5, 5.41) is 0. The molecule has 1 aromatic carbocycles. The first-order valence-electron chi connectivity index (χ1n) is 6.35. The second-order valence-corrected chi connectivity index (χ2v) is 4.65. The monoisotopic (exact) mass is 234 g/mol. The summed E-state index contributed by atoms with van der Waals surface area (Å²) in [6.45, 7) is 6.58. The lowest BCUT2D eigenvalue weighted by Crippen LogP contribution is -2.44. The molecule has 0 unspecified atom stereocenters. The fourth-order valence-electron chi connectivity index (χ4n) is 2.25. The molecule has 0 amide bonds. The quantitative estimate of drug-likeness (QED) is 0.795. The fraction of sp³-hybridized carbons (Fsp3) is 0.571. The van der Waals surface area contributed by atoms with Gasteiger partial charge >= 0.3 is 0 Å². The molecule has 94 valence electrons. The smallest absolute Gasteiger partial charge is 0.142 e. The van der Waals surface area contributed by atoms with E-state index < -0.39 is 0 Å². The summed E-state index contributed by atoms with van der Waals surface area (Å²) >= 11 is 0. The van der Waals surface area contributed by atoms with Gasteiger partial charge in [0.05, 0.1) is 12.8 Å². The molecular weight excluding hydrogens is 212 g/mol. The van der Waals surface area contributed by atoms with Gasteiger partial charge in [0.1, 0.15) is 5.75 Å². The van der Waals surface area contributed by atoms with Crippen molar-refractivity contribution in [3.05, 3.63) is 23.8 Å². The Kier molecular flexibility index (Phi) is 3.89. The summed E-state index contributed by atoms with van der Waals surface area (Å²) in [6, 6.07) is 6.56. The second-order valence-electron chi connectivity index (χ2n) is 4.65. The van der Waals surface area contributed by atoms with Crippen LogP contribution in [0.2, 0.25) is 0 Å². The highest BCUT2D eigenvalue weighted by Crippen LogP contribution is 2.30. The van der Waals surface area contributed by atoms with Gasteiger partial charge in [-0.3, -0.25) is 0 Å². The van der Waals surface area contributed by atoms with E-state index in [1.807, 2.05) is 0 Å². The maximum absolute atomic E-state index is 5.51. The molecule has 1 heterocycles. The average molecular weight is 234 g/mol. The highest BCUT2D eigenvalue weighted by atomic mass is 16.5. The van der Waals surface area contributed by atoms with Crippen molar-refractivity contribution in [2.24, 2.45) is 0 Å². The standard InChI is InChI=1S/C14H22N2O/c1-4-12-5-6-13(14(11-12)17-3)16-9-7-15(2)8-10-16/h5-6,11H,4,7-10H2,1-3H3. The fourth-order valence-corrected chi connectivity index (χ4v) is 2.25. The van der Waals surface area contributed by atoms with E-state index in [1.54, 1.807) is 7.11 Å². The molecule has 1 saturated heterocycles. The minimum atomic E-state index is 1.01. The van der Waals surface area contributed by atoms with Gasteiger partial charge in [0.25, 0.3) is 0 Å². The number of piperazine rings is 1. The van der Waals surface area contributed by atoms with E-state index in [4.69, 9.17) is 4.74 Å². The van der Waals surface area contributed by atoms with Gasteiger partial charge in [-0.05, 0) is 31.2 Å². The maximum Gasteiger partial charge on any atom is 0.142 e. The van der Waals surface area contributed by atoms with Crippen LogP contribution < -0.4 is 9.64 Å². The molecule has 17 heavy (non-hydrogen) atoms. The number of hydrogen-bond donors (Lipinski definition) is 0. The third kappa shape index (κ3) is 2.72. The van der Waals surface area contributed by atoms with Crippen LogP contribution in [0.1, 0.15) is 12.5 Å². The number of ether oxygens (including phenoxy) is 1. The summed E-state index contributed by atoms with van der Waals surface area (Å²) in [6.07, 6.45) is 1.05. The van der Waals surface area contributed by atoms with E-state index in [2.05, 4.69) is 42.0 Å². The van der Waals surface area contributed by atoms with Crippen LogP contribution in [0.4, 0.5) is 5.69 Å². The van der Waals surface area contributed by atoms with Gasteiger partial charge < -0.3 is 14.5 Å². The predicted molar refractivity (Wildman–Crippen MR) is 72.1 cm³/mol. The van der Waals surface area contributed by atoms with Crippen molar-refractivity contribution in [1.29, 1.82) is 0 Å². The number of hydrogen-bond acceptors (Lipinski definition) is 3. The predicted octanol–water partition coefficient (Wildman–Crippen LogP) is 2.01. The lowest BCUT2D eigenvalue weighted by atomic mass is 10.1. The van der Waals surface area contributed by atoms with Crippen LogP contribution in [0.15, 0.2) is 18.2 Å². The molecule has 3 nitrogen and oxygen atoms in total. The molecule has 2 rings (SSSR count). The van der Waals surface area contributed by atoms with E-state index >= 15 is 0 Å². The molecule has 0 spiro atoms. The Labute approximate surface area is 104 Å². The number of likely N-dealkylation sites (N-methyl/N-ethyl adjacent to an activating group) is 1. The summed E-state index contributed by atoms with van der Waals surface area (Å²) in [5.74, 6) is 1.01. The first-order valence-corrected chi connectivity index (χ1v) is 6.35. The maximum atomic E-state index is 5.51. The Hall–Kier alpha value is -1.22. The molecule has 0 N–H and O–H groups in total. The zero-order valence-electron chi connectivity index (χ0n) is 11.1. The number of anilines is 1. The molecule has 1 fully saturated rings. The van der Waals surface area contributed by atoms with E-state index in [0.717, 1.165) is 38.3 Å². The number of benzene rings is 1. The average Bonchev–Trinajstić information content (AvgIpc) is 2.39. The van der Waals surface area contributed by atoms with Crippen molar-refractivity contribution in [3.8, 4) is 5.75 Å². The van der Waals surface area contributed by atoms with Crippen LogP contribution in [-0.4, -0.2) is 45.2 Å². The molecule has 1 aliphatic heterocycles. The Morgan fingerprint density at radius 2 is 1.88 bits per heavy atom. The molecule has 0 saturated carbocycles. The Bertz CT molecular complexity index is 370. The molecule has 3 heteroatoms. The van der Waals surface area contributed by atoms with E-state index in [0.29, 0.717) is 0 Å². The largest absolute Gasteiger partial charge is 0.495 e. The van der Waals surface area contributed by atoms with Crippen LogP contribution >= 0.6 is 0 Å². The summed E-state index contributed by atoms with van der Waals surface area (Å²) < 4.78 is 5.51. The van der Waals surface area contributed by atoms with Gasteiger partial charge in [0, 0.05) is 26.2 Å². The van der Waals surface area contributed by atoms with Crippen LogP contribution in [0.5, 0.6) is 5.75 Å². The molecule has 0 atom stereocenters. The van der Waals surface area contributed by atoms with Gasteiger partial charge in [0.2, 0.25) is 0 Å². The molecule has 0 aliphatic carbocycles. The molecule has 1 aliphatic rings. The van der Waals surface area contributed by atoms with Gasteiger partial charge in [-0.2, -0.15) is 0 Å². The van der Waals surface area contributed by atoms with E-state index in [-0.39, 0.29) is 0 Å². The normalized spacial score (nSPS) is 17.2. The number of methoxy groups -OCH3 is 1. The summed E-state index contributed by atoms with van der Waals surface area (Å²) in [7, 11) is 3.93. The zero-order valence-corrected chi connectivity index (χ0v) is 11.1. The minimum Gasteiger partial charge on any atom is -0.495 e. The van der Waals surface area contributed by atoms with Crippen LogP contribution in [0.3, 0.4) is 0 Å². The van der Waals surface area contributed by atoms with Crippen LogP contribution in [0.25, 0.3) is 0 Å². The van der Waals surface area contributed by atoms with Gasteiger partial charge in [-0.15, -0.1) is 0 Å². The third-order valence-corrected chi connectivity index (χ3v) is 3.50. The Balaban J connectivity index is 2.19. The van der Waals surface area contributed by atoms with Crippen molar-refractivity contribution in [2.75, 3.05) is 45.2 Å². The highest BCUT2D eigenvalue weighted by Gasteiger charge is 2.17. The molecule has 0 radical (unpaired) electrons. The number of rotatable bonds is 3. The first kappa shape index (κ1) is 12.2. The zero-order chi connectivity index (χ0) is 12.3. The summed E-state index contributed by atoms with van der Waals surface area (Å²) in [5.41, 5.74) is 2.57. The molecule has 0 aromatic heterocycles. The van der Waals surface area contributed by atoms with Gasteiger partial charge in [-0.25, -0.2) is 0 Å². The van der Waals surface area contributed by atoms with E-state index in [1.165, 1.54) is 11.3 Å². The van der Waals surface area contributed by atoms with Crippen molar-refractivity contribution >= 4 is 5.69 Å². The van der Waals surface area contributed by atoms with E-state index in [9.17, 15) is 0 Å².